The monoisotopic (exact) mass is 234 g/mol. The zero-order chi connectivity index (χ0) is 12.3. The van der Waals surface area contributed by atoms with E-state index in [1.54, 1.807) is 6.07 Å². The molecule has 0 saturated carbocycles. The average molecular weight is 234 g/mol. The molecule has 1 aromatic carbocycles. The molecule has 16 heavy (non-hydrogen) atoms. The lowest BCUT2D eigenvalue weighted by atomic mass is 10.2. The zero-order valence-corrected chi connectivity index (χ0v) is 10.6. The number of hydrogen-bond donors (Lipinski definition) is 1. The Kier molecular flexibility index (Phi) is 3.35. The number of benzene rings is 1. The van der Waals surface area contributed by atoms with E-state index < -0.39 is 13.0 Å². The second kappa shape index (κ2) is 4.37. The van der Waals surface area contributed by atoms with Gasteiger partial charge >= 0.3 is 0 Å². The molecule has 1 rings (SSSR count). The molecule has 1 aromatic rings. The van der Waals surface area contributed by atoms with Crippen molar-refractivity contribution in [3.63, 3.8) is 0 Å². The molecular weight excluding hydrogens is 220 g/mol. The summed E-state index contributed by atoms with van der Waals surface area (Å²) < 4.78 is 0. The zero-order valence-electron chi connectivity index (χ0n) is 9.57. The normalized spacial score (nSPS) is 10.4. The van der Waals surface area contributed by atoms with E-state index in [0.29, 0.717) is 5.56 Å². The first-order chi connectivity index (χ1) is 7.29. The van der Waals surface area contributed by atoms with Gasteiger partial charge in [-0.15, -0.1) is 5.54 Å². The Morgan fingerprint density at radius 2 is 2.00 bits per heavy atom. The van der Waals surface area contributed by atoms with Gasteiger partial charge in [-0.2, -0.15) is 0 Å². The number of rotatable bonds is 1. The summed E-state index contributed by atoms with van der Waals surface area (Å²) >= 11 is 0. The van der Waals surface area contributed by atoms with Gasteiger partial charge in [0.2, 0.25) is 0 Å². The average Bonchev–Trinajstić information content (AvgIpc) is 2.14. The number of nitrogen functional groups attached to an aromatic ring is 1. The van der Waals surface area contributed by atoms with Gasteiger partial charge in [-0.1, -0.05) is 25.6 Å². The van der Waals surface area contributed by atoms with E-state index >= 15 is 0 Å². The van der Waals surface area contributed by atoms with Crippen LogP contribution >= 0.6 is 0 Å². The highest BCUT2D eigenvalue weighted by molar-refractivity contribution is 6.83. The van der Waals surface area contributed by atoms with Gasteiger partial charge in [0.1, 0.15) is 13.8 Å². The van der Waals surface area contributed by atoms with Gasteiger partial charge in [-0.25, -0.2) is 0 Å². The standard InChI is InChI=1S/C11H14N2O2Si/c1-16(2,3)7-6-9-4-5-10(12)11(8-9)13(14)15/h4-5,8H,12H2,1-3H3. The quantitative estimate of drug-likeness (QED) is 0.267. The van der Waals surface area contributed by atoms with Crippen molar-refractivity contribution >= 4 is 19.4 Å². The maximum atomic E-state index is 10.7. The van der Waals surface area contributed by atoms with E-state index in [1.807, 2.05) is 0 Å². The van der Waals surface area contributed by atoms with Crippen LogP contribution in [0.5, 0.6) is 0 Å². The number of anilines is 1. The predicted molar refractivity (Wildman–Crippen MR) is 67.7 cm³/mol. The van der Waals surface area contributed by atoms with Crippen LogP contribution in [0.3, 0.4) is 0 Å². The minimum atomic E-state index is -1.46. The first-order valence-corrected chi connectivity index (χ1v) is 8.37. The SMILES string of the molecule is C[Si](C)(C)C#Cc1ccc(N)c([N+](=O)[O-])c1. The molecule has 0 aliphatic rings. The highest BCUT2D eigenvalue weighted by atomic mass is 28.3. The highest BCUT2D eigenvalue weighted by Crippen LogP contribution is 2.21. The Morgan fingerprint density at radius 3 is 2.50 bits per heavy atom. The Hall–Kier alpha value is -1.80. The highest BCUT2D eigenvalue weighted by Gasteiger charge is 2.11. The van der Waals surface area contributed by atoms with E-state index in [9.17, 15) is 10.1 Å². The molecule has 5 heteroatoms. The van der Waals surface area contributed by atoms with Crippen LogP contribution in [0.15, 0.2) is 18.2 Å². The van der Waals surface area contributed by atoms with Gasteiger partial charge in [-0.3, -0.25) is 10.1 Å². The minimum absolute atomic E-state index is 0.0811. The van der Waals surface area contributed by atoms with Crippen molar-refractivity contribution in [1.82, 2.24) is 0 Å². The molecular formula is C11H14N2O2Si. The van der Waals surface area contributed by atoms with E-state index in [0.717, 1.165) is 0 Å². The molecule has 0 unspecified atom stereocenters. The van der Waals surface area contributed by atoms with Crippen molar-refractivity contribution in [1.29, 1.82) is 0 Å². The Morgan fingerprint density at radius 1 is 1.38 bits per heavy atom. The van der Waals surface area contributed by atoms with Crippen LogP contribution in [-0.4, -0.2) is 13.0 Å². The van der Waals surface area contributed by atoms with Crippen LogP contribution < -0.4 is 5.73 Å². The van der Waals surface area contributed by atoms with Crippen molar-refractivity contribution in [3.8, 4) is 11.5 Å². The van der Waals surface area contributed by atoms with Crippen LogP contribution in [0.25, 0.3) is 0 Å². The van der Waals surface area contributed by atoms with Crippen molar-refractivity contribution in [2.24, 2.45) is 0 Å². The van der Waals surface area contributed by atoms with Crippen molar-refractivity contribution < 1.29 is 4.92 Å². The molecule has 0 aliphatic carbocycles. The van der Waals surface area contributed by atoms with Crippen molar-refractivity contribution in [2.75, 3.05) is 5.73 Å². The fraction of sp³-hybridized carbons (Fsp3) is 0.273. The lowest BCUT2D eigenvalue weighted by Crippen LogP contribution is -2.16. The first kappa shape index (κ1) is 12.3. The molecule has 0 heterocycles. The van der Waals surface area contributed by atoms with Gasteiger partial charge in [0.25, 0.3) is 5.69 Å². The summed E-state index contributed by atoms with van der Waals surface area (Å²) in [5.41, 5.74) is 9.37. The molecule has 0 spiro atoms. The van der Waals surface area contributed by atoms with Crippen molar-refractivity contribution in [3.05, 3.63) is 33.9 Å². The molecule has 0 saturated heterocycles. The summed E-state index contributed by atoms with van der Waals surface area (Å²) in [5, 5.41) is 10.7. The van der Waals surface area contributed by atoms with Crippen LogP contribution in [-0.2, 0) is 0 Å². The Bertz CT molecular complexity index is 481. The molecule has 0 aliphatic heterocycles. The van der Waals surface area contributed by atoms with Gasteiger partial charge in [-0.05, 0) is 12.1 Å². The smallest absolute Gasteiger partial charge is 0.293 e. The predicted octanol–water partition coefficient (Wildman–Crippen LogP) is 2.41. The molecule has 0 bridgehead atoms. The maximum Gasteiger partial charge on any atom is 0.293 e. The lowest BCUT2D eigenvalue weighted by molar-refractivity contribution is -0.383. The fourth-order valence-corrected chi connectivity index (χ4v) is 1.56. The van der Waals surface area contributed by atoms with E-state index in [4.69, 9.17) is 5.73 Å². The lowest BCUT2D eigenvalue weighted by Gasteiger charge is -2.03. The molecule has 2 N–H and O–H groups in total. The summed E-state index contributed by atoms with van der Waals surface area (Å²) in [6.07, 6.45) is 0. The second-order valence-corrected chi connectivity index (χ2v) is 9.28. The first-order valence-electron chi connectivity index (χ1n) is 4.87. The van der Waals surface area contributed by atoms with Crippen LogP contribution in [0.2, 0.25) is 19.6 Å². The summed E-state index contributed by atoms with van der Waals surface area (Å²) in [4.78, 5) is 10.2. The third-order valence-corrected chi connectivity index (χ3v) is 2.68. The summed E-state index contributed by atoms with van der Waals surface area (Å²) in [6, 6.07) is 4.64. The number of hydrogen-bond acceptors (Lipinski definition) is 3. The fourth-order valence-electron chi connectivity index (χ4n) is 1.04. The second-order valence-electron chi connectivity index (χ2n) is 4.53. The van der Waals surface area contributed by atoms with Gasteiger partial charge in [0.15, 0.2) is 0 Å². The van der Waals surface area contributed by atoms with E-state index in [1.165, 1.54) is 12.1 Å². The molecule has 4 nitrogen and oxygen atoms in total. The minimum Gasteiger partial charge on any atom is -0.393 e. The maximum absolute atomic E-state index is 10.7. The summed E-state index contributed by atoms with van der Waals surface area (Å²) in [7, 11) is -1.46. The largest absolute Gasteiger partial charge is 0.393 e. The van der Waals surface area contributed by atoms with E-state index in [-0.39, 0.29) is 11.4 Å². The number of nitrogens with two attached hydrogens (primary N) is 1. The van der Waals surface area contributed by atoms with Gasteiger partial charge < -0.3 is 5.73 Å². The topological polar surface area (TPSA) is 69.2 Å². The number of nitro benzene ring substituents is 1. The van der Waals surface area contributed by atoms with Gasteiger partial charge in [0.05, 0.1) is 4.92 Å². The Balaban J connectivity index is 3.13. The molecule has 0 radical (unpaired) electrons. The number of nitro groups is 1. The van der Waals surface area contributed by atoms with Crippen LogP contribution in [0.4, 0.5) is 11.4 Å². The summed E-state index contributed by atoms with van der Waals surface area (Å²) in [5.74, 6) is 2.96. The van der Waals surface area contributed by atoms with Crippen molar-refractivity contribution in [2.45, 2.75) is 19.6 Å². The molecule has 0 amide bonds. The van der Waals surface area contributed by atoms with Gasteiger partial charge in [0, 0.05) is 11.6 Å². The molecule has 84 valence electrons. The van der Waals surface area contributed by atoms with E-state index in [2.05, 4.69) is 31.1 Å². The molecule has 0 fully saturated rings. The molecule has 0 atom stereocenters. The third kappa shape index (κ3) is 3.40. The summed E-state index contributed by atoms with van der Waals surface area (Å²) in [6.45, 7) is 6.35. The Labute approximate surface area is 95.6 Å². The van der Waals surface area contributed by atoms with Crippen LogP contribution in [0, 0.1) is 21.6 Å². The van der Waals surface area contributed by atoms with Crippen LogP contribution in [0.1, 0.15) is 5.56 Å². The molecule has 0 aromatic heterocycles. The number of nitrogens with zero attached hydrogens (tertiary/aromatic N) is 1. The third-order valence-electron chi connectivity index (χ3n) is 1.81.